The lowest BCUT2D eigenvalue weighted by molar-refractivity contribution is -0.136. The molecule has 3 aromatic heterocycles. The van der Waals surface area contributed by atoms with Crippen LogP contribution in [0.1, 0.15) is 33.9 Å². The first-order chi connectivity index (χ1) is 18.9. The number of carbonyl (C=O) groups is 2. The number of carbonyl (C=O) groups excluding carboxylic acids is 2. The van der Waals surface area contributed by atoms with Crippen LogP contribution in [0.5, 0.6) is 0 Å². The number of nitrogens with one attached hydrogen (secondary N) is 2. The Bertz CT molecular complexity index is 1450. The molecule has 1 saturated heterocycles. The van der Waals surface area contributed by atoms with Crippen LogP contribution in [-0.4, -0.2) is 79.5 Å². The fraction of sp³-hybridized carbons (Fsp3) is 0.379. The quantitative estimate of drug-likeness (QED) is 0.346. The maximum atomic E-state index is 12.3. The molecule has 40 heavy (non-hydrogen) atoms. The lowest BCUT2D eigenvalue weighted by Crippen LogP contribution is -2.49. The van der Waals surface area contributed by atoms with Gasteiger partial charge in [0.2, 0.25) is 11.9 Å². The van der Waals surface area contributed by atoms with E-state index in [1.165, 1.54) is 0 Å². The third-order valence-electron chi connectivity index (χ3n) is 6.61. The maximum absolute atomic E-state index is 12.3. The SMILES string of the molecule is C.CCOC(=O)Nc1nc2c(-c3ncccn3)cc(-c3ccc(CN4CCN(C(=O)C(C)C)CC4)nc3)cc2[nH]1. The van der Waals surface area contributed by atoms with Gasteiger partial charge in [0.1, 0.15) is 5.52 Å². The molecule has 0 atom stereocenters. The average Bonchev–Trinajstić information content (AvgIpc) is 3.35. The number of piperazine rings is 1. The van der Waals surface area contributed by atoms with Crippen LogP contribution in [0.25, 0.3) is 33.5 Å². The van der Waals surface area contributed by atoms with Crippen molar-refractivity contribution in [2.24, 2.45) is 5.92 Å². The summed E-state index contributed by atoms with van der Waals surface area (Å²) in [4.78, 5) is 49.7. The molecule has 0 bridgehead atoms. The number of pyridine rings is 1. The Morgan fingerprint density at radius 3 is 2.45 bits per heavy atom. The van der Waals surface area contributed by atoms with Gasteiger partial charge in [-0.25, -0.2) is 19.7 Å². The second-order valence-corrected chi connectivity index (χ2v) is 9.72. The summed E-state index contributed by atoms with van der Waals surface area (Å²) >= 11 is 0. The minimum atomic E-state index is -0.581. The molecule has 2 amide bonds. The van der Waals surface area contributed by atoms with Crippen molar-refractivity contribution in [1.82, 2.24) is 34.7 Å². The summed E-state index contributed by atoms with van der Waals surface area (Å²) in [6, 6.07) is 9.78. The number of benzene rings is 1. The first-order valence-electron chi connectivity index (χ1n) is 13.1. The minimum Gasteiger partial charge on any atom is -0.450 e. The number of anilines is 1. The smallest absolute Gasteiger partial charge is 0.413 e. The van der Waals surface area contributed by atoms with Crippen LogP contribution in [0.2, 0.25) is 0 Å². The Kier molecular flexibility index (Phi) is 9.05. The van der Waals surface area contributed by atoms with E-state index in [0.717, 1.165) is 60.6 Å². The van der Waals surface area contributed by atoms with Crippen molar-refractivity contribution in [1.29, 1.82) is 0 Å². The van der Waals surface area contributed by atoms with Gasteiger partial charge in [-0.1, -0.05) is 27.3 Å². The highest BCUT2D eigenvalue weighted by atomic mass is 16.5. The van der Waals surface area contributed by atoms with Crippen molar-refractivity contribution in [3.8, 4) is 22.5 Å². The highest BCUT2D eigenvalue weighted by Crippen LogP contribution is 2.32. The Hall–Kier alpha value is -4.38. The van der Waals surface area contributed by atoms with E-state index in [2.05, 4.69) is 30.2 Å². The minimum absolute atomic E-state index is 0. The van der Waals surface area contributed by atoms with E-state index in [9.17, 15) is 9.59 Å². The molecule has 210 valence electrons. The molecule has 11 heteroatoms. The molecule has 1 fully saturated rings. The van der Waals surface area contributed by atoms with Crippen molar-refractivity contribution in [2.75, 3.05) is 38.1 Å². The van der Waals surface area contributed by atoms with Gasteiger partial charge in [0.25, 0.3) is 0 Å². The van der Waals surface area contributed by atoms with Crippen molar-refractivity contribution in [2.45, 2.75) is 34.7 Å². The second-order valence-electron chi connectivity index (χ2n) is 9.72. The zero-order chi connectivity index (χ0) is 27.4. The number of aromatic amines is 1. The van der Waals surface area contributed by atoms with E-state index in [-0.39, 0.29) is 31.8 Å². The molecule has 0 radical (unpaired) electrons. The predicted octanol–water partition coefficient (Wildman–Crippen LogP) is 4.59. The lowest BCUT2D eigenvalue weighted by Gasteiger charge is -2.35. The van der Waals surface area contributed by atoms with E-state index in [4.69, 9.17) is 9.72 Å². The van der Waals surface area contributed by atoms with E-state index in [1.54, 1.807) is 25.4 Å². The van der Waals surface area contributed by atoms with E-state index >= 15 is 0 Å². The number of nitrogens with zero attached hydrogens (tertiary/aromatic N) is 6. The standard InChI is InChI=1S/C28H32N8O3.CH4/c1-4-39-28(38)34-27-32-23-15-20(14-22(24(23)33-27)25-29-8-5-9-30-25)19-6-7-21(31-16-19)17-35-10-12-36(13-11-35)26(37)18(2)3;/h5-9,14-16,18H,4,10-13,17H2,1-3H3,(H2,32,33,34,38);1H4. The van der Waals surface area contributed by atoms with Gasteiger partial charge in [-0.2, -0.15) is 0 Å². The number of ether oxygens (including phenoxy) is 1. The highest BCUT2D eigenvalue weighted by molar-refractivity contribution is 5.96. The first-order valence-corrected chi connectivity index (χ1v) is 13.1. The molecule has 1 aromatic carbocycles. The van der Waals surface area contributed by atoms with Gasteiger partial charge in [-0.15, -0.1) is 0 Å². The van der Waals surface area contributed by atoms with Crippen molar-refractivity contribution in [3.63, 3.8) is 0 Å². The molecule has 2 N–H and O–H groups in total. The molecule has 0 saturated carbocycles. The van der Waals surface area contributed by atoms with Crippen molar-refractivity contribution >= 4 is 29.0 Å². The molecule has 0 spiro atoms. The Morgan fingerprint density at radius 2 is 1.80 bits per heavy atom. The van der Waals surface area contributed by atoms with Crippen LogP contribution in [0.3, 0.4) is 0 Å². The Labute approximate surface area is 234 Å². The number of fused-ring (bicyclic) bond motifs is 1. The van der Waals surface area contributed by atoms with E-state index in [0.29, 0.717) is 11.3 Å². The summed E-state index contributed by atoms with van der Waals surface area (Å²) in [7, 11) is 0. The number of rotatable bonds is 7. The van der Waals surface area contributed by atoms with Crippen LogP contribution in [0, 0.1) is 5.92 Å². The number of imidazole rings is 1. The lowest BCUT2D eigenvalue weighted by atomic mass is 10.0. The average molecular weight is 545 g/mol. The molecule has 0 aliphatic carbocycles. The summed E-state index contributed by atoms with van der Waals surface area (Å²) < 4.78 is 4.98. The Morgan fingerprint density at radius 1 is 1.05 bits per heavy atom. The van der Waals surface area contributed by atoms with Gasteiger partial charge < -0.3 is 14.6 Å². The zero-order valence-corrected chi connectivity index (χ0v) is 22.3. The third-order valence-corrected chi connectivity index (χ3v) is 6.61. The number of amides is 2. The molecule has 4 aromatic rings. The van der Waals surface area contributed by atoms with Crippen molar-refractivity contribution < 1.29 is 14.3 Å². The van der Waals surface area contributed by atoms with Crippen LogP contribution < -0.4 is 5.32 Å². The van der Waals surface area contributed by atoms with Crippen LogP contribution in [0.15, 0.2) is 48.9 Å². The van der Waals surface area contributed by atoms with Crippen LogP contribution >= 0.6 is 0 Å². The molecule has 1 aliphatic rings. The topological polar surface area (TPSA) is 129 Å². The summed E-state index contributed by atoms with van der Waals surface area (Å²) in [5, 5.41) is 2.62. The molecular formula is C29H36N8O3. The van der Waals surface area contributed by atoms with Crippen molar-refractivity contribution in [3.05, 3.63) is 54.6 Å². The number of hydrogen-bond acceptors (Lipinski definition) is 8. The van der Waals surface area contributed by atoms with Gasteiger partial charge in [0.15, 0.2) is 5.82 Å². The zero-order valence-electron chi connectivity index (χ0n) is 22.3. The number of hydrogen-bond donors (Lipinski definition) is 2. The fourth-order valence-electron chi connectivity index (χ4n) is 4.63. The number of aromatic nitrogens is 5. The van der Waals surface area contributed by atoms with Gasteiger partial charge in [-0.05, 0) is 36.8 Å². The molecule has 4 heterocycles. The van der Waals surface area contributed by atoms with Crippen LogP contribution in [-0.2, 0) is 16.1 Å². The normalized spacial score (nSPS) is 13.8. The second kappa shape index (κ2) is 12.6. The molecule has 1 aliphatic heterocycles. The maximum Gasteiger partial charge on any atom is 0.413 e. The summed E-state index contributed by atoms with van der Waals surface area (Å²) in [6.45, 7) is 9.78. The fourth-order valence-corrected chi connectivity index (χ4v) is 4.63. The van der Waals surface area contributed by atoms with Crippen LogP contribution in [0.4, 0.5) is 10.7 Å². The van der Waals surface area contributed by atoms with E-state index in [1.807, 2.05) is 49.2 Å². The summed E-state index contributed by atoms with van der Waals surface area (Å²) in [5.74, 6) is 1.05. The van der Waals surface area contributed by atoms with Gasteiger partial charge in [0, 0.05) is 68.4 Å². The largest absolute Gasteiger partial charge is 0.450 e. The van der Waals surface area contributed by atoms with E-state index < -0.39 is 6.09 Å². The van der Waals surface area contributed by atoms with Gasteiger partial charge in [0.05, 0.1) is 17.8 Å². The Balaban J connectivity index is 0.00000370. The molecule has 0 unspecified atom stereocenters. The summed E-state index contributed by atoms with van der Waals surface area (Å²) in [6.07, 6.45) is 4.64. The van der Waals surface area contributed by atoms with Gasteiger partial charge in [-0.3, -0.25) is 20.0 Å². The predicted molar refractivity (Wildman–Crippen MR) is 154 cm³/mol. The number of H-pyrrole nitrogens is 1. The molecule has 11 nitrogen and oxygen atoms in total. The first kappa shape index (κ1) is 28.6. The monoisotopic (exact) mass is 544 g/mol. The third kappa shape index (κ3) is 6.42. The molecule has 5 rings (SSSR count). The summed E-state index contributed by atoms with van der Waals surface area (Å²) in [5.41, 5.74) is 4.90. The molecular weight excluding hydrogens is 508 g/mol. The van der Waals surface area contributed by atoms with Gasteiger partial charge >= 0.3 is 6.09 Å². The highest BCUT2D eigenvalue weighted by Gasteiger charge is 2.23.